The minimum Gasteiger partial charge on any atom is -0.396 e. The molecule has 0 aliphatic carbocycles. The number of imidazole rings is 1. The maximum Gasteiger partial charge on any atom is 0.248 e. The van der Waals surface area contributed by atoms with Gasteiger partial charge < -0.3 is 98.3 Å². The van der Waals surface area contributed by atoms with E-state index in [9.17, 15) is 63.0 Å². The number of benzene rings is 3. The molecule has 2 aliphatic rings. The molecule has 5 heterocycles. The quantitative estimate of drug-likeness (QED) is 0.0235. The first-order valence-corrected chi connectivity index (χ1v) is 46.2. The number of fused-ring (bicyclic) bond motifs is 3. The number of nitrogens with zero attached hydrogens (tertiary/aromatic N) is 6. The monoisotopic (exact) mass is 1830 g/mol. The van der Waals surface area contributed by atoms with Gasteiger partial charge in [0.25, 0.3) is 0 Å². The number of guanidine groups is 1. The Morgan fingerprint density at radius 2 is 1.18 bits per heavy atom. The molecule has 712 valence electrons. The first kappa shape index (κ1) is 104. The highest BCUT2D eigenvalue weighted by atomic mass is 32.2. The normalized spacial score (nSPS) is 24.2. The maximum absolute atomic E-state index is 15.7. The minimum absolute atomic E-state index is 0.0422. The largest absolute Gasteiger partial charge is 0.396 e. The summed E-state index contributed by atoms with van der Waals surface area (Å²) in [4.78, 5) is 255. The summed E-state index contributed by atoms with van der Waals surface area (Å²) in [5, 5.41) is 50.5. The van der Waals surface area contributed by atoms with Crippen LogP contribution in [-0.4, -0.2) is 288 Å². The summed E-state index contributed by atoms with van der Waals surface area (Å²) in [5.41, 5.74) is 14.6. The Kier molecular flexibility index (Phi) is 40.4. The van der Waals surface area contributed by atoms with Crippen molar-refractivity contribution < 1.29 is 86.9 Å². The number of para-hydroxylation sites is 2. The summed E-state index contributed by atoms with van der Waals surface area (Å²) in [7, 11) is 5.49. The Morgan fingerprint density at radius 1 is 0.595 bits per heavy atom. The van der Waals surface area contributed by atoms with Crippen molar-refractivity contribution in [3.8, 4) is 0 Å². The zero-order valence-electron chi connectivity index (χ0n) is 76.5. The SMILES string of the molecule is CCCC[C@H]1C(=O)N(C)[C@@H](CCCC)C(=O)C[C@@H](CCCNC(=N)N)C(=O)N[C@H](C(=O)NCC(N)=O)CSCC(=O)N[C@@H](Cc2ccccc2)C(=O)N(C)[C@@H](C)C(=O)N[C@@H]([C@@H](C)O)C(=O)N2CCC[C@H]2C(=O)CCC(c2cnc[nH]2)C(=O)C[C@@H](CC(C)C)C(=O)N(C)CC(=O)N[C@@H](Cc2c[nH]c3ccccc23)C(=O)C[C@@H](CO)C(=O)N[C@@H](Cc2c[nH]c3ccccc23)C(=O)N1C. The number of thioether (sulfide) groups is 1. The lowest BCUT2D eigenvalue weighted by Crippen LogP contribution is -2.60. The van der Waals surface area contributed by atoms with Crippen molar-refractivity contribution in [2.45, 2.75) is 230 Å². The van der Waals surface area contributed by atoms with E-state index in [1.54, 1.807) is 67.0 Å². The average molecular weight is 1840 g/mol. The number of hydrogen-bond acceptors (Lipinski definition) is 21. The number of H-pyrrole nitrogens is 3. The number of carbonyl (C=O) groups excluding carboxylic acids is 16. The number of aliphatic hydroxyl groups excluding tert-OH is 2. The molecule has 0 saturated carbocycles. The molecule has 3 aromatic carbocycles. The van der Waals surface area contributed by atoms with Crippen molar-refractivity contribution in [2.24, 2.45) is 35.1 Å². The van der Waals surface area contributed by atoms with Crippen LogP contribution in [0.3, 0.4) is 0 Å². The van der Waals surface area contributed by atoms with Gasteiger partial charge in [-0.05, 0) is 100.0 Å². The van der Waals surface area contributed by atoms with Crippen molar-refractivity contribution in [2.75, 3.05) is 72.5 Å². The number of ketones is 4. The fraction of sp³-hybridized carbons (Fsp3) is 0.548. The van der Waals surface area contributed by atoms with E-state index in [4.69, 9.17) is 16.9 Å². The number of nitrogens with two attached hydrogens (primary N) is 2. The summed E-state index contributed by atoms with van der Waals surface area (Å²) < 4.78 is 0. The van der Waals surface area contributed by atoms with Gasteiger partial charge >= 0.3 is 0 Å². The Bertz CT molecular complexity index is 4960. The molecular formula is C93H131N19O18S. The van der Waals surface area contributed by atoms with Gasteiger partial charge in [0, 0.05) is 150 Å². The van der Waals surface area contributed by atoms with Gasteiger partial charge in [-0.2, -0.15) is 0 Å². The maximum atomic E-state index is 15.7. The van der Waals surface area contributed by atoms with Gasteiger partial charge in [-0.15, -0.1) is 11.8 Å². The topological polar surface area (TPSA) is 550 Å². The third kappa shape index (κ3) is 29.9. The highest BCUT2D eigenvalue weighted by Crippen LogP contribution is 2.32. The molecular weight excluding hydrogens is 1700 g/mol. The molecule has 0 bridgehead atoms. The van der Waals surface area contributed by atoms with Crippen LogP contribution in [0.15, 0.2) is 104 Å². The predicted octanol–water partition coefficient (Wildman–Crippen LogP) is 3.04. The number of unbranched alkanes of at least 4 members (excludes halogenated alkanes) is 2. The van der Waals surface area contributed by atoms with Crippen LogP contribution < -0.4 is 48.7 Å². The van der Waals surface area contributed by atoms with Crippen molar-refractivity contribution in [1.82, 2.24) is 81.7 Å². The average Bonchev–Trinajstić information content (AvgIpc) is 1.64. The van der Waals surface area contributed by atoms with Gasteiger partial charge in [0.1, 0.15) is 42.0 Å². The van der Waals surface area contributed by atoms with Crippen LogP contribution in [0.5, 0.6) is 0 Å². The Labute approximate surface area is 767 Å². The second-order valence-electron chi connectivity index (χ2n) is 34.8. The molecule has 0 spiro atoms. The number of hydrogen-bond donors (Lipinski definition) is 15. The van der Waals surface area contributed by atoms with Crippen molar-refractivity contribution >= 4 is 134 Å². The number of amides is 12. The first-order chi connectivity index (χ1) is 62.4. The van der Waals surface area contributed by atoms with Gasteiger partial charge in [0.15, 0.2) is 23.3 Å². The summed E-state index contributed by atoms with van der Waals surface area (Å²) >= 11 is 0.839. The molecule has 14 atom stereocenters. The molecule has 3 aromatic heterocycles. The molecule has 8 rings (SSSR count). The highest BCUT2D eigenvalue weighted by Gasteiger charge is 2.44. The predicted molar refractivity (Wildman–Crippen MR) is 492 cm³/mol. The number of aromatic amines is 3. The lowest BCUT2D eigenvalue weighted by Gasteiger charge is -2.36. The molecule has 2 aliphatic heterocycles. The number of rotatable bonds is 24. The standard InChI is InChI=1S/C93H131N19O18S/c1-11-13-31-73-79(118)42-58(26-22-36-98-93(95)96)85(123)106-72(87(125)101-48-80(94)119)51-131-52-82(121)104-69(39-57-24-16-15-17-25-57)89(127)109(8)55(5)84(122)107-83(56(6)114)92(130)112-37-23-33-74(112)76(115)35-34-65(71-47-97-53-102-71)77(116)43-59(38-54(3)4)88(126)108(7)49-81(120)103-68(40-60-45-99-66-29-20-18-27-63(60)66)78(117)44-62(50-113)86(124)105-70(41-61-46-100-67-30-21-19-28-64(61)67)90(128)111(10)75(32-14-12-2)91(129)110(73)9/h15-21,24-25,27-30,45-47,53-56,58-59,62,65,68-70,72-75,83,99-100,113-114H,11-14,22-23,26,31-44,48-52H2,1-10H3,(H2,94,119)(H,97,102)(H,101,125)(H,103,120)(H,104,121)(H,105,124)(H,106,123)(H,107,122)(H4,95,96,98)/t55-,56+,58+,59+,62-,65?,68-,69-,70-,72-,73-,74-,75-,83-/m0/s1. The van der Waals surface area contributed by atoms with Crippen LogP contribution >= 0.6 is 11.8 Å². The summed E-state index contributed by atoms with van der Waals surface area (Å²) in [6, 6.07) is 10.5. The van der Waals surface area contributed by atoms with E-state index in [-0.39, 0.29) is 108 Å². The van der Waals surface area contributed by atoms with E-state index in [1.807, 2.05) is 52.0 Å². The van der Waals surface area contributed by atoms with E-state index < -0.39 is 216 Å². The Morgan fingerprint density at radius 3 is 1.78 bits per heavy atom. The second kappa shape index (κ2) is 50.8. The van der Waals surface area contributed by atoms with Gasteiger partial charge in [0.2, 0.25) is 70.9 Å². The lowest BCUT2D eigenvalue weighted by molar-refractivity contribution is -0.149. The van der Waals surface area contributed by atoms with Crippen LogP contribution in [0, 0.1) is 29.1 Å². The molecule has 1 unspecified atom stereocenters. The van der Waals surface area contributed by atoms with Gasteiger partial charge in [-0.25, -0.2) is 4.98 Å². The van der Waals surface area contributed by atoms with E-state index in [1.165, 1.54) is 69.3 Å². The van der Waals surface area contributed by atoms with E-state index in [0.717, 1.165) is 21.6 Å². The molecule has 131 heavy (non-hydrogen) atoms. The third-order valence-corrected chi connectivity index (χ3v) is 25.5. The molecule has 2 fully saturated rings. The minimum atomic E-state index is -1.65. The molecule has 38 heteroatoms. The number of nitrogens with one attached hydrogen (secondary N) is 11. The zero-order chi connectivity index (χ0) is 95.9. The van der Waals surface area contributed by atoms with Crippen LogP contribution in [-0.2, 0) is 96.0 Å². The fourth-order valence-corrected chi connectivity index (χ4v) is 17.8. The Balaban J connectivity index is 1.16. The molecule has 6 aromatic rings. The number of aromatic nitrogens is 4. The highest BCUT2D eigenvalue weighted by molar-refractivity contribution is 8.00. The first-order valence-electron chi connectivity index (χ1n) is 45.0. The summed E-state index contributed by atoms with van der Waals surface area (Å²) in [6.45, 7) is 7.95. The van der Waals surface area contributed by atoms with Crippen LogP contribution in [0.4, 0.5) is 0 Å². The number of primary amides is 1. The Hall–Kier alpha value is -12.2. The fourth-order valence-electron chi connectivity index (χ4n) is 16.9. The van der Waals surface area contributed by atoms with Crippen molar-refractivity contribution in [3.05, 3.63) is 126 Å². The van der Waals surface area contributed by atoms with Crippen LogP contribution in [0.2, 0.25) is 0 Å². The van der Waals surface area contributed by atoms with Crippen LogP contribution in [0.1, 0.15) is 173 Å². The molecule has 0 radical (unpaired) electrons. The lowest BCUT2D eigenvalue weighted by atomic mass is 9.84. The molecule has 37 nitrogen and oxygen atoms in total. The van der Waals surface area contributed by atoms with Crippen molar-refractivity contribution in [3.63, 3.8) is 0 Å². The number of carbonyl (C=O) groups is 16. The van der Waals surface area contributed by atoms with Crippen molar-refractivity contribution in [1.29, 1.82) is 5.41 Å². The van der Waals surface area contributed by atoms with E-state index in [2.05, 4.69) is 57.2 Å². The van der Waals surface area contributed by atoms with E-state index in [0.29, 0.717) is 76.3 Å². The summed E-state index contributed by atoms with van der Waals surface area (Å²) in [5.74, 6) is -18.2. The molecule has 17 N–H and O–H groups in total. The van der Waals surface area contributed by atoms with Gasteiger partial charge in [0.05, 0.1) is 67.8 Å². The number of aliphatic hydroxyl groups is 2. The smallest absolute Gasteiger partial charge is 0.248 e. The van der Waals surface area contributed by atoms with Gasteiger partial charge in [-0.3, -0.25) is 82.1 Å². The zero-order valence-corrected chi connectivity index (χ0v) is 77.3. The second-order valence-corrected chi connectivity index (χ2v) is 35.8. The van der Waals surface area contributed by atoms with E-state index >= 15 is 24.0 Å². The number of Topliss-reactive ketones (excluding diaryl/α,β-unsaturated/α-hetero) is 4. The van der Waals surface area contributed by atoms with Gasteiger partial charge in [-0.1, -0.05) is 120 Å². The molecule has 2 saturated heterocycles. The van der Waals surface area contributed by atoms with Crippen LogP contribution in [0.25, 0.3) is 21.8 Å². The third-order valence-electron chi connectivity index (χ3n) is 24.4. The number of likely N-dealkylation sites (N-methyl/N-ethyl adjacent to an activating group) is 4. The summed E-state index contributed by atoms with van der Waals surface area (Å²) in [6.07, 6.45) is 4.84. The molecule has 12 amide bonds.